The topological polar surface area (TPSA) is 29.3 Å². The molecule has 18 heavy (non-hydrogen) atoms. The van der Waals surface area contributed by atoms with Gasteiger partial charge in [-0.2, -0.15) is 0 Å². The number of hydrogen-bond acceptors (Lipinski definition) is 2. The van der Waals surface area contributed by atoms with Gasteiger partial charge in [0.25, 0.3) is 0 Å². The van der Waals surface area contributed by atoms with Gasteiger partial charge in [0.05, 0.1) is 5.69 Å². The van der Waals surface area contributed by atoms with Gasteiger partial charge in [0.15, 0.2) is 0 Å². The predicted molar refractivity (Wildman–Crippen MR) is 67.5 cm³/mol. The van der Waals surface area contributed by atoms with E-state index in [0.717, 1.165) is 32.1 Å². The average Bonchev–Trinajstić information content (AvgIpc) is 2.31. The van der Waals surface area contributed by atoms with Crippen LogP contribution in [0.2, 0.25) is 0 Å². The van der Waals surface area contributed by atoms with Crippen LogP contribution in [0.4, 0.5) is 14.5 Å². The average molecular weight is 252 g/mol. The lowest BCUT2D eigenvalue weighted by molar-refractivity contribution is 0.269. The van der Waals surface area contributed by atoms with Crippen molar-refractivity contribution < 1.29 is 8.78 Å². The van der Waals surface area contributed by atoms with Crippen LogP contribution < -0.4 is 10.6 Å². The smallest absolute Gasteiger partial charge is 0.146 e. The summed E-state index contributed by atoms with van der Waals surface area (Å²) in [6, 6.07) is 4.44. The highest BCUT2D eigenvalue weighted by atomic mass is 19.1. The van der Waals surface area contributed by atoms with E-state index in [1.54, 1.807) is 0 Å². The first-order valence-corrected chi connectivity index (χ1v) is 6.64. The van der Waals surface area contributed by atoms with Crippen molar-refractivity contribution in [2.24, 2.45) is 5.73 Å². The van der Waals surface area contributed by atoms with Crippen molar-refractivity contribution in [1.29, 1.82) is 0 Å². The number of benzene rings is 1. The number of fused-ring (bicyclic) bond motifs is 2. The Bertz CT molecular complexity index is 435. The van der Waals surface area contributed by atoms with E-state index < -0.39 is 0 Å². The van der Waals surface area contributed by atoms with Crippen LogP contribution in [0.3, 0.4) is 0 Å². The second kappa shape index (κ2) is 4.50. The third-order valence-corrected chi connectivity index (χ3v) is 4.20. The number of nitrogens with zero attached hydrogens (tertiary/aromatic N) is 1. The molecule has 0 aromatic heterocycles. The van der Waals surface area contributed by atoms with Crippen molar-refractivity contribution in [3.8, 4) is 0 Å². The van der Waals surface area contributed by atoms with Crippen molar-refractivity contribution in [2.45, 2.75) is 50.2 Å². The van der Waals surface area contributed by atoms with E-state index in [1.807, 2.05) is 0 Å². The highest BCUT2D eigenvalue weighted by Gasteiger charge is 2.38. The molecule has 4 heteroatoms. The van der Waals surface area contributed by atoms with Crippen LogP contribution in [0.1, 0.15) is 32.1 Å². The SMILES string of the molecule is NC1CC2CCCC(C1)N2c1cc(F)ccc1F. The summed E-state index contributed by atoms with van der Waals surface area (Å²) in [5.74, 6) is -0.705. The number of anilines is 1. The Kier molecular flexibility index (Phi) is 2.98. The first-order valence-electron chi connectivity index (χ1n) is 6.64. The number of halogens is 2. The zero-order chi connectivity index (χ0) is 12.7. The standard InChI is InChI=1S/C14H18F2N2/c15-9-4-5-13(16)14(6-9)18-11-2-1-3-12(18)8-10(17)7-11/h4-6,10-12H,1-3,7-8,17H2. The Hall–Kier alpha value is -1.16. The van der Waals surface area contributed by atoms with Gasteiger partial charge in [0.1, 0.15) is 11.6 Å². The van der Waals surface area contributed by atoms with Gasteiger partial charge in [0, 0.05) is 24.2 Å². The van der Waals surface area contributed by atoms with Gasteiger partial charge in [0.2, 0.25) is 0 Å². The van der Waals surface area contributed by atoms with E-state index in [-0.39, 0.29) is 29.8 Å². The molecule has 0 spiro atoms. The molecule has 0 radical (unpaired) electrons. The van der Waals surface area contributed by atoms with E-state index in [1.165, 1.54) is 18.2 Å². The van der Waals surface area contributed by atoms with Gasteiger partial charge in [-0.15, -0.1) is 0 Å². The van der Waals surface area contributed by atoms with Crippen LogP contribution in [0.15, 0.2) is 18.2 Å². The van der Waals surface area contributed by atoms with Crippen molar-refractivity contribution in [1.82, 2.24) is 0 Å². The van der Waals surface area contributed by atoms with Gasteiger partial charge in [-0.25, -0.2) is 8.78 Å². The van der Waals surface area contributed by atoms with Crippen LogP contribution in [-0.2, 0) is 0 Å². The second-order valence-corrected chi connectivity index (χ2v) is 5.47. The quantitative estimate of drug-likeness (QED) is 0.832. The third kappa shape index (κ3) is 1.99. The molecule has 2 saturated heterocycles. The second-order valence-electron chi connectivity index (χ2n) is 5.47. The maximum absolute atomic E-state index is 13.9. The molecule has 2 aliphatic rings. The number of rotatable bonds is 1. The summed E-state index contributed by atoms with van der Waals surface area (Å²) in [6.45, 7) is 0. The molecular formula is C14H18F2N2. The Morgan fingerprint density at radius 2 is 1.78 bits per heavy atom. The lowest BCUT2D eigenvalue weighted by atomic mass is 9.81. The maximum Gasteiger partial charge on any atom is 0.146 e. The van der Waals surface area contributed by atoms with E-state index in [4.69, 9.17) is 5.73 Å². The van der Waals surface area contributed by atoms with E-state index >= 15 is 0 Å². The molecule has 3 rings (SSSR count). The molecule has 2 unspecified atom stereocenters. The molecule has 2 aliphatic heterocycles. The number of piperidine rings is 2. The molecule has 2 heterocycles. The third-order valence-electron chi connectivity index (χ3n) is 4.20. The lowest BCUT2D eigenvalue weighted by Gasteiger charge is -2.49. The Balaban J connectivity index is 1.97. The summed E-state index contributed by atoms with van der Waals surface area (Å²) in [7, 11) is 0. The monoisotopic (exact) mass is 252 g/mol. The van der Waals surface area contributed by atoms with Crippen molar-refractivity contribution in [2.75, 3.05) is 4.90 Å². The minimum absolute atomic E-state index is 0.202. The first kappa shape index (κ1) is 11.9. The van der Waals surface area contributed by atoms with E-state index in [0.29, 0.717) is 5.69 Å². The summed E-state index contributed by atoms with van der Waals surface area (Å²) in [4.78, 5) is 2.07. The fourth-order valence-electron chi connectivity index (χ4n) is 3.50. The molecule has 0 saturated carbocycles. The summed E-state index contributed by atoms with van der Waals surface area (Å²) in [6.07, 6.45) is 4.98. The van der Waals surface area contributed by atoms with Crippen LogP contribution in [0, 0.1) is 11.6 Å². The molecule has 2 atom stereocenters. The zero-order valence-corrected chi connectivity index (χ0v) is 10.3. The predicted octanol–water partition coefficient (Wildman–Crippen LogP) is 2.81. The molecule has 1 aromatic rings. The highest BCUT2D eigenvalue weighted by Crippen LogP contribution is 2.38. The van der Waals surface area contributed by atoms with Crippen molar-refractivity contribution in [3.05, 3.63) is 29.8 Å². The van der Waals surface area contributed by atoms with Crippen LogP contribution in [0.5, 0.6) is 0 Å². The maximum atomic E-state index is 13.9. The zero-order valence-electron chi connectivity index (χ0n) is 10.3. The fourth-order valence-corrected chi connectivity index (χ4v) is 3.50. The molecule has 0 aliphatic carbocycles. The highest BCUT2D eigenvalue weighted by molar-refractivity contribution is 5.51. The van der Waals surface area contributed by atoms with Gasteiger partial charge in [-0.1, -0.05) is 0 Å². The lowest BCUT2D eigenvalue weighted by Crippen LogP contribution is -2.55. The normalized spacial score (nSPS) is 31.5. The molecule has 0 amide bonds. The van der Waals surface area contributed by atoms with Gasteiger partial charge in [-0.05, 0) is 44.2 Å². The Labute approximate surface area is 106 Å². The van der Waals surface area contributed by atoms with Crippen molar-refractivity contribution >= 4 is 5.69 Å². The number of hydrogen-bond donors (Lipinski definition) is 1. The summed E-state index contributed by atoms with van der Waals surface area (Å²) in [5.41, 5.74) is 6.45. The minimum Gasteiger partial charge on any atom is -0.363 e. The van der Waals surface area contributed by atoms with E-state index in [9.17, 15) is 8.78 Å². The van der Waals surface area contributed by atoms with Gasteiger partial charge >= 0.3 is 0 Å². The minimum atomic E-state index is -0.376. The van der Waals surface area contributed by atoms with Crippen LogP contribution in [-0.4, -0.2) is 18.1 Å². The largest absolute Gasteiger partial charge is 0.363 e. The van der Waals surface area contributed by atoms with Crippen molar-refractivity contribution in [3.63, 3.8) is 0 Å². The summed E-state index contributed by atoms with van der Waals surface area (Å²) < 4.78 is 27.3. The van der Waals surface area contributed by atoms with Gasteiger partial charge < -0.3 is 10.6 Å². The molecule has 2 fully saturated rings. The Morgan fingerprint density at radius 1 is 1.11 bits per heavy atom. The van der Waals surface area contributed by atoms with Crippen LogP contribution >= 0.6 is 0 Å². The summed E-state index contributed by atoms with van der Waals surface area (Å²) >= 11 is 0. The van der Waals surface area contributed by atoms with Gasteiger partial charge in [-0.3, -0.25) is 0 Å². The fraction of sp³-hybridized carbons (Fsp3) is 0.571. The van der Waals surface area contributed by atoms with E-state index in [2.05, 4.69) is 4.90 Å². The van der Waals surface area contributed by atoms with Crippen LogP contribution in [0.25, 0.3) is 0 Å². The number of nitrogens with two attached hydrogens (primary N) is 1. The molecule has 2 N–H and O–H groups in total. The Morgan fingerprint density at radius 3 is 2.44 bits per heavy atom. The molecule has 1 aromatic carbocycles. The summed E-state index contributed by atoms with van der Waals surface area (Å²) in [5, 5.41) is 0. The molecular weight excluding hydrogens is 234 g/mol. The molecule has 2 nitrogen and oxygen atoms in total. The first-order chi connectivity index (χ1) is 8.65. The molecule has 2 bridgehead atoms. The molecule has 98 valence electrons.